The number of aryl methyl sites for hydroxylation is 1. The Morgan fingerprint density at radius 3 is 2.62 bits per heavy atom. The van der Waals surface area contributed by atoms with Gasteiger partial charge in [-0.2, -0.15) is 0 Å². The molecule has 0 bridgehead atoms. The number of aromatic amines is 1. The van der Waals surface area contributed by atoms with Gasteiger partial charge in [-0.15, -0.1) is 0 Å². The van der Waals surface area contributed by atoms with Crippen LogP contribution in [-0.2, 0) is 13.0 Å². The highest BCUT2D eigenvalue weighted by Crippen LogP contribution is 2.10. The number of aromatic nitrogens is 4. The molecular formula is C16H18N4O. The molecule has 0 unspecified atom stereocenters. The van der Waals surface area contributed by atoms with Crippen molar-refractivity contribution in [3.05, 3.63) is 70.2 Å². The highest BCUT2D eigenvalue weighted by molar-refractivity contribution is 5.35. The van der Waals surface area contributed by atoms with Crippen LogP contribution in [0.3, 0.4) is 0 Å². The van der Waals surface area contributed by atoms with Crippen molar-refractivity contribution in [2.75, 3.05) is 0 Å². The van der Waals surface area contributed by atoms with E-state index in [0.717, 1.165) is 23.4 Å². The molecule has 2 aromatic heterocycles. The minimum absolute atomic E-state index is 0.00522. The molecule has 3 rings (SSSR count). The third-order valence-electron chi connectivity index (χ3n) is 3.73. The molecule has 0 atom stereocenters. The SMILES string of the molecule is CCc1ccc(-n2[nH]c(Cn3ccnc3)c(C)c2=O)cc1. The highest BCUT2D eigenvalue weighted by Gasteiger charge is 2.11. The molecule has 1 aromatic carbocycles. The van der Waals surface area contributed by atoms with Crippen molar-refractivity contribution in [1.82, 2.24) is 19.3 Å². The number of nitrogens with zero attached hydrogens (tertiary/aromatic N) is 3. The van der Waals surface area contributed by atoms with Crippen LogP contribution in [-0.4, -0.2) is 19.3 Å². The fraction of sp³-hybridized carbons (Fsp3) is 0.250. The molecule has 108 valence electrons. The van der Waals surface area contributed by atoms with E-state index < -0.39 is 0 Å². The normalized spacial score (nSPS) is 11.0. The molecule has 21 heavy (non-hydrogen) atoms. The second-order valence-electron chi connectivity index (χ2n) is 5.11. The molecule has 2 heterocycles. The van der Waals surface area contributed by atoms with Crippen molar-refractivity contribution in [2.45, 2.75) is 26.8 Å². The summed E-state index contributed by atoms with van der Waals surface area (Å²) in [7, 11) is 0. The van der Waals surface area contributed by atoms with Crippen LogP contribution < -0.4 is 5.56 Å². The van der Waals surface area contributed by atoms with Gasteiger partial charge in [0.15, 0.2) is 0 Å². The molecule has 5 nitrogen and oxygen atoms in total. The van der Waals surface area contributed by atoms with Gasteiger partial charge in [-0.3, -0.25) is 9.89 Å². The lowest BCUT2D eigenvalue weighted by molar-refractivity contribution is 0.738. The molecule has 0 spiro atoms. The van der Waals surface area contributed by atoms with Crippen LogP contribution in [0.25, 0.3) is 5.69 Å². The average Bonchev–Trinajstić information content (AvgIpc) is 3.11. The van der Waals surface area contributed by atoms with Crippen LogP contribution in [0.4, 0.5) is 0 Å². The molecule has 0 aliphatic heterocycles. The first-order chi connectivity index (χ1) is 10.2. The van der Waals surface area contributed by atoms with Gasteiger partial charge in [0.25, 0.3) is 5.56 Å². The Labute approximate surface area is 122 Å². The van der Waals surface area contributed by atoms with Crippen LogP contribution in [0.2, 0.25) is 0 Å². The minimum atomic E-state index is -0.00522. The summed E-state index contributed by atoms with van der Waals surface area (Å²) in [5.74, 6) is 0. The fourth-order valence-corrected chi connectivity index (χ4v) is 2.35. The standard InChI is InChI=1S/C16H18N4O/c1-3-13-4-6-14(7-5-13)20-16(21)12(2)15(18-20)10-19-9-8-17-11-19/h4-9,11,18H,3,10H2,1-2H3. The highest BCUT2D eigenvalue weighted by atomic mass is 16.1. The molecule has 0 aliphatic rings. The summed E-state index contributed by atoms with van der Waals surface area (Å²) in [4.78, 5) is 16.4. The van der Waals surface area contributed by atoms with Crippen molar-refractivity contribution in [2.24, 2.45) is 0 Å². The number of rotatable bonds is 4. The van der Waals surface area contributed by atoms with Crippen molar-refractivity contribution >= 4 is 0 Å². The quantitative estimate of drug-likeness (QED) is 0.798. The Balaban J connectivity index is 1.97. The summed E-state index contributed by atoms with van der Waals surface area (Å²) in [5.41, 5.74) is 3.75. The molecule has 0 aliphatic carbocycles. The summed E-state index contributed by atoms with van der Waals surface area (Å²) < 4.78 is 3.53. The zero-order valence-electron chi connectivity index (χ0n) is 12.2. The van der Waals surface area contributed by atoms with E-state index in [1.54, 1.807) is 17.2 Å². The van der Waals surface area contributed by atoms with Gasteiger partial charge in [-0.25, -0.2) is 9.67 Å². The molecule has 0 saturated carbocycles. The molecule has 5 heteroatoms. The van der Waals surface area contributed by atoms with Crippen molar-refractivity contribution < 1.29 is 0 Å². The predicted octanol–water partition coefficient (Wildman–Crippen LogP) is 2.28. The first kappa shape index (κ1) is 13.4. The molecule has 1 N–H and O–H groups in total. The van der Waals surface area contributed by atoms with Gasteiger partial charge >= 0.3 is 0 Å². The Bertz CT molecular complexity index is 779. The summed E-state index contributed by atoms with van der Waals surface area (Å²) in [6.45, 7) is 4.58. The molecule has 3 aromatic rings. The number of hydrogen-bond acceptors (Lipinski definition) is 2. The second-order valence-corrected chi connectivity index (χ2v) is 5.11. The van der Waals surface area contributed by atoms with Crippen molar-refractivity contribution in [1.29, 1.82) is 0 Å². The number of nitrogens with one attached hydrogen (secondary N) is 1. The Morgan fingerprint density at radius 2 is 2.00 bits per heavy atom. The van der Waals surface area contributed by atoms with Crippen LogP contribution >= 0.6 is 0 Å². The number of H-pyrrole nitrogens is 1. The first-order valence-electron chi connectivity index (χ1n) is 7.04. The molecule has 0 saturated heterocycles. The van der Waals surface area contributed by atoms with E-state index >= 15 is 0 Å². The van der Waals surface area contributed by atoms with Crippen LogP contribution in [0.5, 0.6) is 0 Å². The second kappa shape index (κ2) is 5.44. The Hall–Kier alpha value is -2.56. The van der Waals surface area contributed by atoms with E-state index in [0.29, 0.717) is 6.54 Å². The molecule has 0 radical (unpaired) electrons. The summed E-state index contributed by atoms with van der Waals surface area (Å²) in [5, 5.41) is 3.20. The Morgan fingerprint density at radius 1 is 1.24 bits per heavy atom. The number of hydrogen-bond donors (Lipinski definition) is 1. The summed E-state index contributed by atoms with van der Waals surface area (Å²) >= 11 is 0. The molecule has 0 fully saturated rings. The van der Waals surface area contributed by atoms with Crippen molar-refractivity contribution in [3.63, 3.8) is 0 Å². The smallest absolute Gasteiger partial charge is 0.274 e. The first-order valence-corrected chi connectivity index (χ1v) is 7.04. The van der Waals surface area contributed by atoms with Crippen molar-refractivity contribution in [3.8, 4) is 5.69 Å². The molecular weight excluding hydrogens is 264 g/mol. The third-order valence-corrected chi connectivity index (χ3v) is 3.73. The number of benzene rings is 1. The van der Waals surface area contributed by atoms with Gasteiger partial charge in [-0.1, -0.05) is 19.1 Å². The predicted molar refractivity (Wildman–Crippen MR) is 81.8 cm³/mol. The lowest BCUT2D eigenvalue weighted by Gasteiger charge is -2.04. The van der Waals surface area contributed by atoms with E-state index in [1.807, 2.05) is 42.0 Å². The molecule has 0 amide bonds. The topological polar surface area (TPSA) is 55.6 Å². The van der Waals surface area contributed by atoms with E-state index in [9.17, 15) is 4.79 Å². The average molecular weight is 282 g/mol. The van der Waals surface area contributed by atoms with Gasteiger partial charge in [-0.05, 0) is 31.0 Å². The van der Waals surface area contributed by atoms with E-state index in [-0.39, 0.29) is 5.56 Å². The van der Waals surface area contributed by atoms with E-state index in [4.69, 9.17) is 0 Å². The minimum Gasteiger partial charge on any atom is -0.332 e. The van der Waals surface area contributed by atoms with Gasteiger partial charge in [0.1, 0.15) is 0 Å². The van der Waals surface area contributed by atoms with Crippen LogP contribution in [0.1, 0.15) is 23.7 Å². The van der Waals surface area contributed by atoms with Gasteiger partial charge < -0.3 is 4.57 Å². The van der Waals surface area contributed by atoms with Gasteiger partial charge in [0, 0.05) is 18.0 Å². The number of imidazole rings is 1. The van der Waals surface area contributed by atoms with Crippen LogP contribution in [0.15, 0.2) is 47.8 Å². The summed E-state index contributed by atoms with van der Waals surface area (Å²) in [6.07, 6.45) is 6.34. The lowest BCUT2D eigenvalue weighted by Crippen LogP contribution is -2.15. The largest absolute Gasteiger partial charge is 0.332 e. The zero-order chi connectivity index (χ0) is 14.8. The Kier molecular flexibility index (Phi) is 3.48. The van der Waals surface area contributed by atoms with Gasteiger partial charge in [0.2, 0.25) is 0 Å². The maximum absolute atomic E-state index is 12.4. The maximum atomic E-state index is 12.4. The maximum Gasteiger partial charge on any atom is 0.274 e. The lowest BCUT2D eigenvalue weighted by atomic mass is 10.1. The van der Waals surface area contributed by atoms with E-state index in [1.165, 1.54) is 5.56 Å². The summed E-state index contributed by atoms with van der Waals surface area (Å²) in [6, 6.07) is 8.04. The third kappa shape index (κ3) is 2.54. The van der Waals surface area contributed by atoms with E-state index in [2.05, 4.69) is 17.0 Å². The van der Waals surface area contributed by atoms with Gasteiger partial charge in [0.05, 0.1) is 24.3 Å². The fourth-order valence-electron chi connectivity index (χ4n) is 2.35. The zero-order valence-corrected chi connectivity index (χ0v) is 12.2. The monoisotopic (exact) mass is 282 g/mol. The van der Waals surface area contributed by atoms with Crippen LogP contribution in [0, 0.1) is 6.92 Å².